The molecule has 0 fully saturated rings. The van der Waals surface area contributed by atoms with Gasteiger partial charge in [0.2, 0.25) is 0 Å². The third-order valence-electron chi connectivity index (χ3n) is 13.8. The minimum absolute atomic E-state index is 0.108. The van der Waals surface area contributed by atoms with Gasteiger partial charge in [0.05, 0.1) is 16.4 Å². The Morgan fingerprint density at radius 3 is 1.96 bits per heavy atom. The van der Waals surface area contributed by atoms with E-state index in [4.69, 9.17) is 8.83 Å². The van der Waals surface area contributed by atoms with Gasteiger partial charge in [0.15, 0.2) is 0 Å². The quantitative estimate of drug-likeness (QED) is 0.146. The van der Waals surface area contributed by atoms with E-state index >= 15 is 0 Å². The van der Waals surface area contributed by atoms with Gasteiger partial charge in [-0.2, -0.15) is 0 Å². The Morgan fingerprint density at radius 2 is 1.11 bits per heavy atom. The Kier molecular flexibility index (Phi) is 4.48. The Morgan fingerprint density at radius 1 is 0.421 bits per heavy atom. The molecule has 57 heavy (non-hydrogen) atoms. The van der Waals surface area contributed by atoms with Crippen LogP contribution in [-0.2, 0) is 0 Å². The van der Waals surface area contributed by atoms with Gasteiger partial charge >= 0.3 is 6.85 Å². The van der Waals surface area contributed by atoms with E-state index in [1.165, 1.54) is 110 Å². The number of para-hydroxylation sites is 3. The van der Waals surface area contributed by atoms with E-state index in [2.05, 4.69) is 161 Å². The van der Waals surface area contributed by atoms with Crippen molar-refractivity contribution < 1.29 is 8.83 Å². The maximum atomic E-state index is 6.91. The van der Waals surface area contributed by atoms with Crippen LogP contribution in [0.2, 0.25) is 0 Å². The standard InChI is InChI=1S/C52H25BN2O2/c1-2-13-28-27(12-1)30-17-9-11-26-23-36-51-48(43(26)30)44-31(28)18-10-20-38(44)54(51)39-25-42-45(33-16-5-8-22-41(33)56-42)46-35-24-34-29-14-4-7-21-40(29)57-52(34)47-32-15-3-6-19-37(32)55(50(35)47)53(36)49(39)46/h1-25H. The Labute approximate surface area is 323 Å². The summed E-state index contributed by atoms with van der Waals surface area (Å²) in [5, 5.41) is 12.2. The van der Waals surface area contributed by atoms with Crippen molar-refractivity contribution in [1.29, 1.82) is 0 Å². The number of hydrogen-bond acceptors (Lipinski definition) is 2. The van der Waals surface area contributed by atoms with Crippen molar-refractivity contribution in [2.24, 2.45) is 0 Å². The van der Waals surface area contributed by atoms with Gasteiger partial charge in [-0.1, -0.05) is 115 Å². The first-order valence-corrected chi connectivity index (χ1v) is 19.8. The lowest BCUT2D eigenvalue weighted by atomic mass is 9.45. The van der Waals surface area contributed by atoms with Crippen molar-refractivity contribution >= 4 is 116 Å². The third kappa shape index (κ3) is 2.95. The van der Waals surface area contributed by atoms with Crippen LogP contribution in [0, 0.1) is 0 Å². The van der Waals surface area contributed by atoms with E-state index < -0.39 is 0 Å². The van der Waals surface area contributed by atoms with Crippen molar-refractivity contribution in [3.8, 4) is 39.1 Å². The lowest BCUT2D eigenvalue weighted by Gasteiger charge is -2.34. The van der Waals surface area contributed by atoms with Gasteiger partial charge in [-0.15, -0.1) is 0 Å². The molecule has 0 spiro atoms. The molecule has 16 rings (SSSR count). The molecule has 1 aliphatic carbocycles. The Bertz CT molecular complexity index is 4120. The smallest absolute Gasteiger partial charge is 0.333 e. The number of hydrogen-bond donors (Lipinski definition) is 0. The number of fused-ring (bicyclic) bond motifs is 19. The fourth-order valence-electron chi connectivity index (χ4n) is 11.8. The van der Waals surface area contributed by atoms with Crippen molar-refractivity contribution in [1.82, 2.24) is 9.05 Å². The van der Waals surface area contributed by atoms with E-state index in [0.29, 0.717) is 0 Å². The van der Waals surface area contributed by atoms with Crippen LogP contribution in [0.4, 0.5) is 0 Å². The second-order valence-corrected chi connectivity index (χ2v) is 16.2. The van der Waals surface area contributed by atoms with Crippen LogP contribution in [0.25, 0.3) is 137 Å². The number of furan rings is 2. The lowest BCUT2D eigenvalue weighted by Crippen LogP contribution is -2.55. The zero-order chi connectivity index (χ0) is 36.4. The minimum Gasteiger partial charge on any atom is -0.456 e. The zero-order valence-electron chi connectivity index (χ0n) is 30.2. The Hall–Kier alpha value is -7.50. The molecule has 9 aromatic carbocycles. The largest absolute Gasteiger partial charge is 0.456 e. The highest BCUT2D eigenvalue weighted by molar-refractivity contribution is 6.91. The van der Waals surface area contributed by atoms with Crippen LogP contribution >= 0.6 is 0 Å². The summed E-state index contributed by atoms with van der Waals surface area (Å²) in [7, 11) is 0. The minimum atomic E-state index is -0.108. The highest BCUT2D eigenvalue weighted by atomic mass is 16.3. The molecule has 5 heteroatoms. The molecule has 258 valence electrons. The molecule has 13 aromatic rings. The predicted octanol–water partition coefficient (Wildman–Crippen LogP) is 12.4. The molecule has 0 radical (unpaired) electrons. The summed E-state index contributed by atoms with van der Waals surface area (Å²) in [5.74, 6) is 0. The molecule has 4 nitrogen and oxygen atoms in total. The van der Waals surface area contributed by atoms with Gasteiger partial charge in [0.25, 0.3) is 0 Å². The molecule has 2 aliphatic heterocycles. The molecule has 0 saturated heterocycles. The molecule has 4 aromatic heterocycles. The summed E-state index contributed by atoms with van der Waals surface area (Å²) in [6.45, 7) is -0.108. The molecule has 0 saturated carbocycles. The molecular formula is C52H25BN2O2. The van der Waals surface area contributed by atoms with E-state index in [-0.39, 0.29) is 6.85 Å². The monoisotopic (exact) mass is 720 g/mol. The average molecular weight is 721 g/mol. The van der Waals surface area contributed by atoms with Crippen LogP contribution in [-0.4, -0.2) is 15.9 Å². The molecule has 6 heterocycles. The maximum absolute atomic E-state index is 6.91. The van der Waals surface area contributed by atoms with Crippen LogP contribution in [0.3, 0.4) is 0 Å². The summed E-state index contributed by atoms with van der Waals surface area (Å²) >= 11 is 0. The van der Waals surface area contributed by atoms with Gasteiger partial charge in [-0.25, -0.2) is 0 Å². The molecule has 0 bridgehead atoms. The first-order valence-electron chi connectivity index (χ1n) is 19.8. The summed E-state index contributed by atoms with van der Waals surface area (Å²) < 4.78 is 19.1. The fraction of sp³-hybridized carbons (Fsp3) is 0. The van der Waals surface area contributed by atoms with Crippen LogP contribution in [0.5, 0.6) is 0 Å². The lowest BCUT2D eigenvalue weighted by molar-refractivity contribution is 0.669. The first kappa shape index (κ1) is 28.0. The molecule has 0 unspecified atom stereocenters. The van der Waals surface area contributed by atoms with Gasteiger partial charge in [-0.3, -0.25) is 0 Å². The van der Waals surface area contributed by atoms with Crippen molar-refractivity contribution in [3.05, 3.63) is 152 Å². The second-order valence-electron chi connectivity index (χ2n) is 16.2. The number of benzene rings is 9. The number of nitrogens with zero attached hydrogens (tertiary/aromatic N) is 2. The molecule has 0 N–H and O–H groups in total. The topological polar surface area (TPSA) is 36.1 Å². The number of aromatic nitrogens is 2. The second kappa shape index (κ2) is 9.13. The summed E-state index contributed by atoms with van der Waals surface area (Å²) in [4.78, 5) is 0. The van der Waals surface area contributed by atoms with Crippen LogP contribution in [0.15, 0.2) is 160 Å². The maximum Gasteiger partial charge on any atom is 0.333 e. The molecular weight excluding hydrogens is 695 g/mol. The van der Waals surface area contributed by atoms with E-state index in [1.54, 1.807) is 0 Å². The number of rotatable bonds is 0. The van der Waals surface area contributed by atoms with Crippen LogP contribution < -0.4 is 10.9 Å². The van der Waals surface area contributed by atoms with Crippen molar-refractivity contribution in [2.45, 2.75) is 0 Å². The van der Waals surface area contributed by atoms with E-state index in [9.17, 15) is 0 Å². The summed E-state index contributed by atoms with van der Waals surface area (Å²) in [6, 6.07) is 56.1. The molecule has 0 atom stereocenters. The molecule has 3 aliphatic rings. The summed E-state index contributed by atoms with van der Waals surface area (Å²) in [5.41, 5.74) is 20.1. The van der Waals surface area contributed by atoms with Crippen molar-refractivity contribution in [2.75, 3.05) is 0 Å². The van der Waals surface area contributed by atoms with Crippen molar-refractivity contribution in [3.63, 3.8) is 0 Å². The fourth-order valence-corrected chi connectivity index (χ4v) is 11.8. The van der Waals surface area contributed by atoms with Gasteiger partial charge in [0.1, 0.15) is 22.3 Å². The normalized spacial score (nSPS) is 13.6. The van der Waals surface area contributed by atoms with E-state index in [0.717, 1.165) is 38.5 Å². The average Bonchev–Trinajstić information content (AvgIpc) is 4.00. The van der Waals surface area contributed by atoms with Gasteiger partial charge in [-0.05, 0) is 79.8 Å². The predicted molar refractivity (Wildman–Crippen MR) is 236 cm³/mol. The highest BCUT2D eigenvalue weighted by Gasteiger charge is 2.44. The van der Waals surface area contributed by atoms with Crippen LogP contribution in [0.1, 0.15) is 0 Å². The summed E-state index contributed by atoms with van der Waals surface area (Å²) in [6.07, 6.45) is 0. The first-order chi connectivity index (χ1) is 28.3. The van der Waals surface area contributed by atoms with Gasteiger partial charge < -0.3 is 17.9 Å². The van der Waals surface area contributed by atoms with E-state index in [1.807, 2.05) is 0 Å². The SMILES string of the molecule is c1ccc2c(c1)-c1cccc3cc4c5c(c13)c1c-2cccc1n5-c1cc2oc3ccccc3c2c2c1B4n1c3ccccc3c3c4oc5ccccc5c4cc-2c31. The molecule has 0 amide bonds. The third-order valence-corrected chi connectivity index (χ3v) is 13.8. The highest BCUT2D eigenvalue weighted by Crippen LogP contribution is 2.53. The Balaban J connectivity index is 1.23. The zero-order valence-corrected chi connectivity index (χ0v) is 30.2. The van der Waals surface area contributed by atoms with Gasteiger partial charge in [0, 0.05) is 66.1 Å².